The van der Waals surface area contributed by atoms with E-state index in [9.17, 15) is 17.6 Å². The molecule has 0 amide bonds. The van der Waals surface area contributed by atoms with Gasteiger partial charge in [-0.3, -0.25) is 24.3 Å². The maximum absolute atomic E-state index is 13.7. The molecule has 35 heavy (non-hydrogen) atoms. The van der Waals surface area contributed by atoms with E-state index in [2.05, 4.69) is 10.3 Å². The highest BCUT2D eigenvalue weighted by atomic mass is 35.5. The minimum atomic E-state index is -4.33. The molecule has 0 saturated carbocycles. The standard InChI is InChI=1S/C24H25ClFN5O3S/c1-24(2)13-29-23-30(3)22(32)19(20(27)31(23)14-24)21(28-12-15-4-6-16(25)7-5-15)35(33,34)18-10-8-17(26)9-11-18/h4-11,27-28H,12-14H2,1-3H3. The van der Waals surface area contributed by atoms with Crippen LogP contribution in [0, 0.1) is 16.6 Å². The van der Waals surface area contributed by atoms with Crippen molar-refractivity contribution in [1.29, 1.82) is 5.41 Å². The van der Waals surface area contributed by atoms with Crippen LogP contribution in [0.2, 0.25) is 5.02 Å². The predicted octanol–water partition coefficient (Wildman–Crippen LogP) is 1.45. The number of fused-ring (bicyclic) bond motifs is 1. The van der Waals surface area contributed by atoms with Crippen molar-refractivity contribution >= 4 is 26.5 Å². The van der Waals surface area contributed by atoms with Crippen molar-refractivity contribution in [3.63, 3.8) is 0 Å². The Labute approximate surface area is 206 Å². The highest BCUT2D eigenvalue weighted by Gasteiger charge is 2.28. The molecule has 0 radical (unpaired) electrons. The molecule has 0 atom stereocenters. The van der Waals surface area contributed by atoms with E-state index in [0.717, 1.165) is 24.3 Å². The van der Waals surface area contributed by atoms with Gasteiger partial charge in [0.05, 0.1) is 4.90 Å². The molecule has 0 fully saturated rings. The maximum atomic E-state index is 13.7. The number of hydrogen-bond donors (Lipinski definition) is 2. The summed E-state index contributed by atoms with van der Waals surface area (Å²) in [7, 11) is -2.83. The molecule has 0 aliphatic carbocycles. The minimum absolute atomic E-state index is 0.0488. The maximum Gasteiger partial charge on any atom is 0.266 e. The smallest absolute Gasteiger partial charge is 0.266 e. The Morgan fingerprint density at radius 1 is 1.17 bits per heavy atom. The van der Waals surface area contributed by atoms with E-state index in [0.29, 0.717) is 29.3 Å². The lowest BCUT2D eigenvalue weighted by Crippen LogP contribution is -2.62. The average Bonchev–Trinajstić information content (AvgIpc) is 2.80. The molecule has 0 saturated heterocycles. The molecule has 1 aliphatic heterocycles. The van der Waals surface area contributed by atoms with Crippen LogP contribution in [0.15, 0.2) is 63.2 Å². The van der Waals surface area contributed by atoms with Crippen LogP contribution in [0.5, 0.6) is 0 Å². The second kappa shape index (κ2) is 9.09. The third-order valence-corrected chi connectivity index (χ3v) is 7.82. The summed E-state index contributed by atoms with van der Waals surface area (Å²) in [6.07, 6.45) is 0. The predicted molar refractivity (Wildman–Crippen MR) is 130 cm³/mol. The molecule has 184 valence electrons. The van der Waals surface area contributed by atoms with Gasteiger partial charge in [-0.1, -0.05) is 37.6 Å². The average molecular weight is 518 g/mol. The Morgan fingerprint density at radius 2 is 1.80 bits per heavy atom. The van der Waals surface area contributed by atoms with Crippen molar-refractivity contribution in [2.75, 3.05) is 6.54 Å². The SMILES string of the molecule is Cn1c(=O)c(=C(NCc2ccc(Cl)cc2)S(=O)(=O)c2ccc(F)cc2)c(=N)n2c1=NCC(C)(C)C2. The highest BCUT2D eigenvalue weighted by molar-refractivity contribution is 8.00. The summed E-state index contributed by atoms with van der Waals surface area (Å²) in [6.45, 7) is 4.86. The van der Waals surface area contributed by atoms with Crippen LogP contribution in [0.1, 0.15) is 19.4 Å². The Bertz CT molecular complexity index is 1640. The first-order valence-electron chi connectivity index (χ1n) is 10.8. The number of halogens is 2. The van der Waals surface area contributed by atoms with Gasteiger partial charge in [0.25, 0.3) is 5.56 Å². The summed E-state index contributed by atoms with van der Waals surface area (Å²) in [5, 5.41) is 11.5. The van der Waals surface area contributed by atoms with Crippen molar-refractivity contribution in [1.82, 2.24) is 14.5 Å². The lowest BCUT2D eigenvalue weighted by atomic mass is 9.93. The normalized spacial score (nSPS) is 15.7. The van der Waals surface area contributed by atoms with Crippen LogP contribution in [-0.4, -0.2) is 24.1 Å². The van der Waals surface area contributed by atoms with Gasteiger partial charge >= 0.3 is 0 Å². The number of nitrogens with zero attached hydrogens (tertiary/aromatic N) is 3. The van der Waals surface area contributed by atoms with Gasteiger partial charge in [-0.15, -0.1) is 0 Å². The van der Waals surface area contributed by atoms with Gasteiger partial charge in [-0.05, 0) is 42.0 Å². The quantitative estimate of drug-likeness (QED) is 0.499. The Kier molecular flexibility index (Phi) is 6.46. The van der Waals surface area contributed by atoms with Crippen LogP contribution in [0.4, 0.5) is 4.39 Å². The fraction of sp³-hybridized carbons (Fsp3) is 0.292. The van der Waals surface area contributed by atoms with Gasteiger partial charge in [0.2, 0.25) is 15.5 Å². The zero-order valence-corrected chi connectivity index (χ0v) is 21.0. The zero-order valence-electron chi connectivity index (χ0n) is 19.5. The molecular formula is C24H25ClFN5O3S. The first-order chi connectivity index (χ1) is 16.4. The van der Waals surface area contributed by atoms with Gasteiger partial charge in [0, 0.05) is 37.1 Å². The summed E-state index contributed by atoms with van der Waals surface area (Å²) in [5.41, 5.74) is -0.196. The fourth-order valence-corrected chi connectivity index (χ4v) is 5.49. The Hall–Kier alpha value is -3.24. The Balaban J connectivity index is 2.03. The highest BCUT2D eigenvalue weighted by Crippen LogP contribution is 2.20. The van der Waals surface area contributed by atoms with E-state index in [1.807, 2.05) is 13.8 Å². The lowest BCUT2D eigenvalue weighted by molar-refractivity contribution is 0.267. The molecule has 11 heteroatoms. The molecule has 2 N–H and O–H groups in total. The molecule has 2 heterocycles. The van der Waals surface area contributed by atoms with E-state index in [1.54, 1.807) is 28.8 Å². The van der Waals surface area contributed by atoms with Crippen LogP contribution in [-0.2, 0) is 30.0 Å². The van der Waals surface area contributed by atoms with E-state index in [1.165, 1.54) is 11.6 Å². The van der Waals surface area contributed by atoms with Gasteiger partial charge in [0.1, 0.15) is 21.6 Å². The second-order valence-electron chi connectivity index (χ2n) is 9.22. The number of aromatic nitrogens is 2. The van der Waals surface area contributed by atoms with Crippen LogP contribution < -0.4 is 27.2 Å². The van der Waals surface area contributed by atoms with Gasteiger partial charge in [-0.2, -0.15) is 0 Å². The van der Waals surface area contributed by atoms with Gasteiger partial charge < -0.3 is 5.32 Å². The summed E-state index contributed by atoms with van der Waals surface area (Å²) in [6, 6.07) is 11.1. The first-order valence-corrected chi connectivity index (χ1v) is 12.7. The third kappa shape index (κ3) is 4.81. The van der Waals surface area contributed by atoms with E-state index in [4.69, 9.17) is 17.0 Å². The number of hydrogen-bond acceptors (Lipinski definition) is 6. The molecule has 0 bridgehead atoms. The monoisotopic (exact) mass is 517 g/mol. The topological polar surface area (TPSA) is 109 Å². The fourth-order valence-electron chi connectivity index (χ4n) is 3.92. The van der Waals surface area contributed by atoms with E-state index >= 15 is 0 Å². The molecular weight excluding hydrogens is 493 g/mol. The summed E-state index contributed by atoms with van der Waals surface area (Å²) >= 11 is 5.95. The molecule has 3 aromatic rings. The molecule has 2 aromatic carbocycles. The van der Waals surface area contributed by atoms with Crippen molar-refractivity contribution < 1.29 is 12.8 Å². The van der Waals surface area contributed by atoms with Crippen molar-refractivity contribution in [2.24, 2.45) is 17.5 Å². The number of benzene rings is 2. The van der Waals surface area contributed by atoms with Crippen LogP contribution in [0.25, 0.3) is 5.03 Å². The van der Waals surface area contributed by atoms with Crippen LogP contribution >= 0.6 is 11.6 Å². The minimum Gasteiger partial charge on any atom is -0.371 e. The molecule has 0 spiro atoms. The summed E-state index contributed by atoms with van der Waals surface area (Å²) < 4.78 is 43.8. The molecule has 1 aliphatic rings. The van der Waals surface area contributed by atoms with Crippen molar-refractivity contribution in [3.8, 4) is 0 Å². The summed E-state index contributed by atoms with van der Waals surface area (Å²) in [4.78, 5) is 17.7. The largest absolute Gasteiger partial charge is 0.371 e. The van der Waals surface area contributed by atoms with Crippen LogP contribution in [0.3, 0.4) is 0 Å². The summed E-state index contributed by atoms with van der Waals surface area (Å²) in [5.74, 6) is -0.593. The Morgan fingerprint density at radius 3 is 2.43 bits per heavy atom. The lowest BCUT2D eigenvalue weighted by Gasteiger charge is -2.28. The first kappa shape index (κ1) is 24.9. The van der Waals surface area contributed by atoms with Gasteiger partial charge in [-0.25, -0.2) is 12.8 Å². The van der Waals surface area contributed by atoms with Crippen molar-refractivity contribution in [3.05, 3.63) is 91.6 Å². The number of rotatable bonds is 5. The zero-order chi connectivity index (χ0) is 25.5. The van der Waals surface area contributed by atoms with Gasteiger partial charge in [0.15, 0.2) is 0 Å². The number of sulfone groups is 1. The molecule has 8 nitrogen and oxygen atoms in total. The molecule has 0 unspecified atom stereocenters. The molecule has 1 aromatic heterocycles. The second-order valence-corrected chi connectivity index (χ2v) is 11.5. The third-order valence-electron chi connectivity index (χ3n) is 5.79. The molecule has 4 rings (SSSR count). The van der Waals surface area contributed by atoms with Crippen molar-refractivity contribution in [2.45, 2.75) is 31.8 Å². The van der Waals surface area contributed by atoms with E-state index < -0.39 is 26.2 Å². The number of nitrogens with one attached hydrogen (secondary N) is 2. The van der Waals surface area contributed by atoms with E-state index in [-0.39, 0.29) is 27.6 Å².